The van der Waals surface area contributed by atoms with E-state index in [2.05, 4.69) is 6.07 Å². The first-order valence-electron chi connectivity index (χ1n) is 11.3. The number of benzene rings is 3. The van der Waals surface area contributed by atoms with Crippen LogP contribution in [0.4, 0.5) is 4.79 Å². The number of hydrogen-bond donors (Lipinski definition) is 2. The first-order valence-corrected chi connectivity index (χ1v) is 11.3. The van der Waals surface area contributed by atoms with Crippen molar-refractivity contribution < 1.29 is 19.7 Å². The smallest absolute Gasteiger partial charge is 0.410 e. The highest BCUT2D eigenvalue weighted by Gasteiger charge is 2.44. The summed E-state index contributed by atoms with van der Waals surface area (Å²) in [6.07, 6.45) is 3.34. The number of aromatic nitrogens is 1. The number of aromatic hydroxyl groups is 2. The lowest BCUT2D eigenvalue weighted by Crippen LogP contribution is -2.43. The van der Waals surface area contributed by atoms with Gasteiger partial charge in [-0.3, -0.25) is 9.47 Å². The molecule has 35 heavy (non-hydrogen) atoms. The zero-order chi connectivity index (χ0) is 24.1. The van der Waals surface area contributed by atoms with Crippen LogP contribution in [0.1, 0.15) is 34.2 Å². The Morgan fingerprint density at radius 2 is 1.66 bits per heavy atom. The Balaban J connectivity index is 1.40. The fraction of sp³-hybridized carbons (Fsp3) is 0.143. The number of nitriles is 1. The van der Waals surface area contributed by atoms with Crippen LogP contribution in [0.5, 0.6) is 11.8 Å². The van der Waals surface area contributed by atoms with Crippen LogP contribution in [-0.4, -0.2) is 32.3 Å². The monoisotopic (exact) mass is 463 g/mol. The third-order valence-corrected chi connectivity index (χ3v) is 6.82. The van der Waals surface area contributed by atoms with Gasteiger partial charge in [-0.1, -0.05) is 66.7 Å². The van der Waals surface area contributed by atoms with Crippen molar-refractivity contribution in [2.75, 3.05) is 6.54 Å². The first-order chi connectivity index (χ1) is 17.1. The molecule has 7 heteroatoms. The maximum absolute atomic E-state index is 13.0. The fourth-order valence-corrected chi connectivity index (χ4v) is 5.20. The number of ether oxygens (including phenoxy) is 1. The van der Waals surface area contributed by atoms with Gasteiger partial charge < -0.3 is 14.9 Å². The van der Waals surface area contributed by atoms with Gasteiger partial charge in [0.05, 0.1) is 23.4 Å². The minimum Gasteiger partial charge on any atom is -0.494 e. The van der Waals surface area contributed by atoms with Crippen molar-refractivity contribution in [1.82, 2.24) is 9.47 Å². The van der Waals surface area contributed by atoms with Gasteiger partial charge in [-0.15, -0.1) is 0 Å². The fourth-order valence-electron chi connectivity index (χ4n) is 5.20. The van der Waals surface area contributed by atoms with Crippen LogP contribution in [0.2, 0.25) is 0 Å². The molecule has 2 atom stereocenters. The lowest BCUT2D eigenvalue weighted by molar-refractivity contribution is 0.0797. The average molecular weight is 463 g/mol. The minimum absolute atomic E-state index is 0.0657. The highest BCUT2D eigenvalue weighted by molar-refractivity contribution is 5.95. The third kappa shape index (κ3) is 3.15. The Morgan fingerprint density at radius 1 is 0.943 bits per heavy atom. The molecule has 1 aromatic heterocycles. The Morgan fingerprint density at radius 3 is 2.43 bits per heavy atom. The zero-order valence-corrected chi connectivity index (χ0v) is 18.6. The van der Waals surface area contributed by atoms with Crippen molar-refractivity contribution >= 4 is 16.9 Å². The lowest BCUT2D eigenvalue weighted by Gasteiger charge is -2.40. The Hall–Kier alpha value is -4.70. The topological polar surface area (TPSA) is 98.7 Å². The van der Waals surface area contributed by atoms with Gasteiger partial charge in [0.25, 0.3) is 0 Å². The van der Waals surface area contributed by atoms with Crippen LogP contribution >= 0.6 is 0 Å². The predicted octanol–water partition coefficient (Wildman–Crippen LogP) is 5.26. The van der Waals surface area contributed by atoms with E-state index >= 15 is 0 Å². The Kier molecular flexibility index (Phi) is 4.75. The lowest BCUT2D eigenvalue weighted by atomic mass is 9.82. The summed E-state index contributed by atoms with van der Waals surface area (Å²) >= 11 is 0. The molecule has 1 aliphatic carbocycles. The zero-order valence-electron chi connectivity index (χ0n) is 18.6. The molecule has 172 valence electrons. The molecular weight excluding hydrogens is 442 g/mol. The molecule has 0 spiro atoms. The van der Waals surface area contributed by atoms with Gasteiger partial charge in [-0.25, -0.2) is 4.79 Å². The number of amides is 1. The molecule has 0 saturated heterocycles. The summed E-state index contributed by atoms with van der Waals surface area (Å²) in [6.45, 7) is 0.493. The molecule has 3 aliphatic rings. The number of fused-ring (bicyclic) bond motifs is 2. The van der Waals surface area contributed by atoms with E-state index in [1.807, 2.05) is 66.7 Å². The third-order valence-electron chi connectivity index (χ3n) is 6.82. The normalized spacial score (nSPS) is 17.9. The molecule has 3 aromatic carbocycles. The summed E-state index contributed by atoms with van der Waals surface area (Å²) in [5, 5.41) is 33.6. The van der Waals surface area contributed by atoms with Crippen LogP contribution in [0.25, 0.3) is 16.5 Å². The number of hydrogen-bond acceptors (Lipinski definition) is 5. The number of rotatable bonds is 3. The van der Waals surface area contributed by atoms with Gasteiger partial charge in [0.2, 0.25) is 11.8 Å². The van der Waals surface area contributed by atoms with Gasteiger partial charge in [0.1, 0.15) is 6.61 Å². The van der Waals surface area contributed by atoms with E-state index in [9.17, 15) is 20.3 Å². The summed E-state index contributed by atoms with van der Waals surface area (Å²) in [7, 11) is 0. The van der Waals surface area contributed by atoms with E-state index in [4.69, 9.17) is 4.74 Å². The minimum atomic E-state index is -0.560. The largest absolute Gasteiger partial charge is 0.494 e. The van der Waals surface area contributed by atoms with Crippen LogP contribution in [-0.2, 0) is 11.3 Å². The van der Waals surface area contributed by atoms with Gasteiger partial charge in [0, 0.05) is 34.4 Å². The Bertz CT molecular complexity index is 1550. The van der Waals surface area contributed by atoms with E-state index < -0.39 is 12.1 Å². The summed E-state index contributed by atoms with van der Waals surface area (Å²) < 4.78 is 6.95. The van der Waals surface area contributed by atoms with Crippen LogP contribution in [0.15, 0.2) is 78.9 Å². The SMILES string of the molecule is N#Cc1ccc(-n2c(O)c3c(c2O)[C@@H]2C=C[C@H]3CN2C(=O)OCc2ccccc2)c2ccccc12. The summed E-state index contributed by atoms with van der Waals surface area (Å²) in [5.41, 5.74) is 3.05. The second kappa shape index (κ2) is 7.96. The van der Waals surface area contributed by atoms with Crippen LogP contribution < -0.4 is 0 Å². The van der Waals surface area contributed by atoms with Crippen molar-refractivity contribution in [1.29, 1.82) is 5.26 Å². The number of carbonyl (C=O) groups is 1. The molecule has 3 heterocycles. The summed E-state index contributed by atoms with van der Waals surface area (Å²) in [4.78, 5) is 14.6. The van der Waals surface area contributed by atoms with Crippen molar-refractivity contribution in [3.8, 4) is 23.5 Å². The second-order valence-corrected chi connectivity index (χ2v) is 8.73. The van der Waals surface area contributed by atoms with Gasteiger partial charge >= 0.3 is 6.09 Å². The number of carbonyl (C=O) groups excluding carboxylic acids is 1. The molecule has 0 saturated carbocycles. The molecule has 7 nitrogen and oxygen atoms in total. The standard InChI is InChI=1S/C28H21N3O4/c29-14-18-10-12-22(21-9-5-4-8-20(18)21)31-26(32)24-19-11-13-23(25(24)27(31)33)30(15-19)28(34)35-16-17-6-2-1-3-7-17/h1-13,19,23,32-33H,15-16H2/t19-,23-/m0/s1. The molecule has 1 amide bonds. The van der Waals surface area contributed by atoms with E-state index in [0.717, 1.165) is 16.3 Å². The second-order valence-electron chi connectivity index (χ2n) is 8.73. The van der Waals surface area contributed by atoms with Crippen LogP contribution in [0, 0.1) is 11.3 Å². The highest BCUT2D eigenvalue weighted by atomic mass is 16.6. The highest BCUT2D eigenvalue weighted by Crippen LogP contribution is 2.53. The predicted molar refractivity (Wildman–Crippen MR) is 129 cm³/mol. The van der Waals surface area contributed by atoms with Crippen molar-refractivity contribution in [2.45, 2.75) is 18.6 Å². The first kappa shape index (κ1) is 20.9. The van der Waals surface area contributed by atoms with E-state index in [0.29, 0.717) is 28.9 Å². The Labute approximate surface area is 201 Å². The van der Waals surface area contributed by atoms with Crippen LogP contribution in [0.3, 0.4) is 0 Å². The molecule has 0 unspecified atom stereocenters. The van der Waals surface area contributed by atoms with Crippen molar-refractivity contribution in [2.24, 2.45) is 0 Å². The molecule has 0 radical (unpaired) electrons. The van der Waals surface area contributed by atoms with E-state index in [-0.39, 0.29) is 24.3 Å². The summed E-state index contributed by atoms with van der Waals surface area (Å²) in [5.74, 6) is -0.479. The van der Waals surface area contributed by atoms with Gasteiger partial charge in [0.15, 0.2) is 0 Å². The van der Waals surface area contributed by atoms with Gasteiger partial charge in [-0.2, -0.15) is 5.26 Å². The van der Waals surface area contributed by atoms with E-state index in [1.54, 1.807) is 17.0 Å². The quantitative estimate of drug-likeness (QED) is 0.404. The molecular formula is C28H21N3O4. The summed E-state index contributed by atoms with van der Waals surface area (Å²) in [6, 6.07) is 21.9. The average Bonchev–Trinajstić information content (AvgIpc) is 3.19. The molecule has 2 aliphatic heterocycles. The maximum atomic E-state index is 13.0. The van der Waals surface area contributed by atoms with E-state index in [1.165, 1.54) is 4.57 Å². The molecule has 7 rings (SSSR count). The molecule has 2 N–H and O–H groups in total. The molecule has 0 fully saturated rings. The van der Waals surface area contributed by atoms with Gasteiger partial charge in [-0.05, 0) is 17.7 Å². The molecule has 2 bridgehead atoms. The van der Waals surface area contributed by atoms with Crippen molar-refractivity contribution in [3.05, 3.63) is 101 Å². The van der Waals surface area contributed by atoms with Crippen molar-refractivity contribution in [3.63, 3.8) is 0 Å². The number of nitrogens with zero attached hydrogens (tertiary/aromatic N) is 3. The molecule has 4 aromatic rings. The maximum Gasteiger partial charge on any atom is 0.410 e.